The molecule has 0 amide bonds. The van der Waals surface area contributed by atoms with Gasteiger partial charge in [-0.1, -0.05) is 25.3 Å². The van der Waals surface area contributed by atoms with Crippen LogP contribution in [0, 0.1) is 18.7 Å². The number of rotatable bonds is 3. The highest BCUT2D eigenvalue weighted by Gasteiger charge is 2.20. The van der Waals surface area contributed by atoms with Crippen LogP contribution >= 0.6 is 0 Å². The fourth-order valence-corrected chi connectivity index (χ4v) is 2.75. The average molecular weight is 235 g/mol. The van der Waals surface area contributed by atoms with Crippen molar-refractivity contribution in [1.29, 1.82) is 0 Å². The van der Waals surface area contributed by atoms with Crippen LogP contribution < -0.4 is 5.32 Å². The second kappa shape index (κ2) is 5.52. The Morgan fingerprint density at radius 2 is 1.94 bits per heavy atom. The molecule has 1 aliphatic carbocycles. The van der Waals surface area contributed by atoms with Gasteiger partial charge in [0.25, 0.3) is 0 Å². The van der Waals surface area contributed by atoms with Gasteiger partial charge in [0.1, 0.15) is 5.82 Å². The van der Waals surface area contributed by atoms with Crippen molar-refractivity contribution in [2.24, 2.45) is 5.92 Å². The molecule has 2 rings (SSSR count). The minimum Gasteiger partial charge on any atom is -0.382 e. The topological polar surface area (TPSA) is 12.0 Å². The number of benzene rings is 1. The first-order chi connectivity index (χ1) is 8.16. The zero-order valence-corrected chi connectivity index (χ0v) is 10.8. The van der Waals surface area contributed by atoms with E-state index in [1.807, 2.05) is 13.0 Å². The molecular weight excluding hydrogens is 213 g/mol. The van der Waals surface area contributed by atoms with Crippen LogP contribution in [0.5, 0.6) is 0 Å². The van der Waals surface area contributed by atoms with Crippen molar-refractivity contribution >= 4 is 5.69 Å². The molecule has 0 bridgehead atoms. The normalized spacial score (nSPS) is 19.0. The minimum atomic E-state index is -0.158. The summed E-state index contributed by atoms with van der Waals surface area (Å²) < 4.78 is 13.2. The highest BCUT2D eigenvalue weighted by atomic mass is 19.1. The molecule has 0 saturated heterocycles. The Morgan fingerprint density at radius 3 is 2.65 bits per heavy atom. The van der Waals surface area contributed by atoms with Gasteiger partial charge in [0.15, 0.2) is 0 Å². The van der Waals surface area contributed by atoms with Crippen molar-refractivity contribution in [2.75, 3.05) is 5.32 Å². The molecule has 1 aromatic carbocycles. The summed E-state index contributed by atoms with van der Waals surface area (Å²) in [6, 6.07) is 5.40. The van der Waals surface area contributed by atoms with E-state index in [2.05, 4.69) is 12.2 Å². The van der Waals surface area contributed by atoms with E-state index >= 15 is 0 Å². The lowest BCUT2D eigenvalue weighted by Crippen LogP contribution is -2.28. The monoisotopic (exact) mass is 235 g/mol. The summed E-state index contributed by atoms with van der Waals surface area (Å²) in [7, 11) is 0. The van der Waals surface area contributed by atoms with E-state index in [4.69, 9.17) is 0 Å². The van der Waals surface area contributed by atoms with Gasteiger partial charge in [-0.05, 0) is 50.3 Å². The zero-order valence-electron chi connectivity index (χ0n) is 10.8. The standard InChI is InChI=1S/C15H22FN/c1-11-8-9-14(16)10-15(11)17-12(2)13-6-4-3-5-7-13/h8-10,12-13,17H,3-7H2,1-2H3. The summed E-state index contributed by atoms with van der Waals surface area (Å²) in [6.07, 6.45) is 6.69. The smallest absolute Gasteiger partial charge is 0.125 e. The maximum Gasteiger partial charge on any atom is 0.125 e. The van der Waals surface area contributed by atoms with Gasteiger partial charge < -0.3 is 5.32 Å². The Balaban J connectivity index is 2.01. The first-order valence-corrected chi connectivity index (χ1v) is 6.69. The van der Waals surface area contributed by atoms with Crippen molar-refractivity contribution in [3.05, 3.63) is 29.6 Å². The molecular formula is C15H22FN. The number of halogens is 1. The molecule has 0 heterocycles. The SMILES string of the molecule is Cc1ccc(F)cc1NC(C)C1CCCCC1. The Bertz CT molecular complexity index is 369. The van der Waals surface area contributed by atoms with Gasteiger partial charge >= 0.3 is 0 Å². The maximum absolute atomic E-state index is 13.2. The molecule has 0 aliphatic heterocycles. The number of anilines is 1. The molecule has 1 fully saturated rings. The van der Waals surface area contributed by atoms with Gasteiger partial charge in [-0.3, -0.25) is 0 Å². The Labute approximate surface area is 103 Å². The lowest BCUT2D eigenvalue weighted by molar-refractivity contribution is 0.328. The van der Waals surface area contributed by atoms with Crippen molar-refractivity contribution in [2.45, 2.75) is 52.0 Å². The molecule has 1 aliphatic rings. The van der Waals surface area contributed by atoms with Crippen molar-refractivity contribution in [3.8, 4) is 0 Å². The first-order valence-electron chi connectivity index (χ1n) is 6.69. The zero-order chi connectivity index (χ0) is 12.3. The van der Waals surface area contributed by atoms with Crippen LogP contribution in [0.2, 0.25) is 0 Å². The molecule has 2 heteroatoms. The van der Waals surface area contributed by atoms with Gasteiger partial charge in [-0.25, -0.2) is 4.39 Å². The lowest BCUT2D eigenvalue weighted by atomic mass is 9.84. The van der Waals surface area contributed by atoms with Gasteiger partial charge in [0.05, 0.1) is 0 Å². The molecule has 0 aromatic heterocycles. The Morgan fingerprint density at radius 1 is 1.24 bits per heavy atom. The van der Waals surface area contributed by atoms with E-state index in [1.165, 1.54) is 38.2 Å². The first kappa shape index (κ1) is 12.4. The van der Waals surface area contributed by atoms with Crippen LogP contribution in [0.25, 0.3) is 0 Å². The Kier molecular flexibility index (Phi) is 4.03. The second-order valence-electron chi connectivity index (χ2n) is 5.29. The van der Waals surface area contributed by atoms with E-state index in [0.29, 0.717) is 6.04 Å². The third-order valence-corrected chi connectivity index (χ3v) is 3.94. The molecule has 17 heavy (non-hydrogen) atoms. The number of nitrogens with one attached hydrogen (secondary N) is 1. The summed E-state index contributed by atoms with van der Waals surface area (Å²) in [5.41, 5.74) is 2.07. The molecule has 94 valence electrons. The highest BCUT2D eigenvalue weighted by Crippen LogP contribution is 2.28. The highest BCUT2D eigenvalue weighted by molar-refractivity contribution is 5.51. The number of aryl methyl sites for hydroxylation is 1. The lowest BCUT2D eigenvalue weighted by Gasteiger charge is -2.29. The fraction of sp³-hybridized carbons (Fsp3) is 0.600. The van der Waals surface area contributed by atoms with E-state index < -0.39 is 0 Å². The van der Waals surface area contributed by atoms with Crippen LogP contribution in [0.4, 0.5) is 10.1 Å². The third-order valence-electron chi connectivity index (χ3n) is 3.94. The second-order valence-corrected chi connectivity index (χ2v) is 5.29. The van der Waals surface area contributed by atoms with Crippen molar-refractivity contribution < 1.29 is 4.39 Å². The van der Waals surface area contributed by atoms with E-state index in [1.54, 1.807) is 6.07 Å². The maximum atomic E-state index is 13.2. The van der Waals surface area contributed by atoms with Crippen LogP contribution in [-0.4, -0.2) is 6.04 Å². The molecule has 0 radical (unpaired) electrons. The predicted octanol–water partition coefficient (Wildman–Crippen LogP) is 4.51. The van der Waals surface area contributed by atoms with Gasteiger partial charge in [-0.2, -0.15) is 0 Å². The molecule has 1 unspecified atom stereocenters. The molecule has 1 saturated carbocycles. The minimum absolute atomic E-state index is 0.158. The van der Waals surface area contributed by atoms with Crippen molar-refractivity contribution in [1.82, 2.24) is 0 Å². The summed E-state index contributed by atoms with van der Waals surface area (Å²) >= 11 is 0. The largest absolute Gasteiger partial charge is 0.382 e. The quantitative estimate of drug-likeness (QED) is 0.812. The van der Waals surface area contributed by atoms with Crippen LogP contribution in [0.1, 0.15) is 44.6 Å². The average Bonchev–Trinajstić information content (AvgIpc) is 2.35. The van der Waals surface area contributed by atoms with E-state index in [-0.39, 0.29) is 5.82 Å². The van der Waals surface area contributed by atoms with E-state index in [9.17, 15) is 4.39 Å². The number of hydrogen-bond acceptors (Lipinski definition) is 1. The fourth-order valence-electron chi connectivity index (χ4n) is 2.75. The molecule has 1 aromatic rings. The summed E-state index contributed by atoms with van der Waals surface area (Å²) in [6.45, 7) is 4.25. The molecule has 1 atom stereocenters. The van der Waals surface area contributed by atoms with Gasteiger partial charge in [-0.15, -0.1) is 0 Å². The van der Waals surface area contributed by atoms with Crippen molar-refractivity contribution in [3.63, 3.8) is 0 Å². The predicted molar refractivity (Wildman–Crippen MR) is 70.8 cm³/mol. The third kappa shape index (κ3) is 3.21. The molecule has 0 spiro atoms. The summed E-state index contributed by atoms with van der Waals surface area (Å²) in [4.78, 5) is 0. The van der Waals surface area contributed by atoms with Gasteiger partial charge in [0, 0.05) is 11.7 Å². The van der Waals surface area contributed by atoms with Crippen LogP contribution in [0.15, 0.2) is 18.2 Å². The Hall–Kier alpha value is -1.05. The molecule has 1 N–H and O–H groups in total. The summed E-state index contributed by atoms with van der Waals surface area (Å²) in [5.74, 6) is 0.584. The van der Waals surface area contributed by atoms with E-state index in [0.717, 1.165) is 17.2 Å². The summed E-state index contributed by atoms with van der Waals surface area (Å²) in [5, 5.41) is 3.48. The van der Waals surface area contributed by atoms with Gasteiger partial charge in [0.2, 0.25) is 0 Å². The number of hydrogen-bond donors (Lipinski definition) is 1. The molecule has 1 nitrogen and oxygen atoms in total. The van der Waals surface area contributed by atoms with Crippen LogP contribution in [0.3, 0.4) is 0 Å². The van der Waals surface area contributed by atoms with Crippen LogP contribution in [-0.2, 0) is 0 Å².